The molecule has 1 aromatic carbocycles. The number of para-hydroxylation sites is 1. The zero-order valence-electron chi connectivity index (χ0n) is 12.0. The summed E-state index contributed by atoms with van der Waals surface area (Å²) in [5.74, 6) is 0.193. The summed E-state index contributed by atoms with van der Waals surface area (Å²) in [6.45, 7) is 4.35. The number of benzene rings is 1. The summed E-state index contributed by atoms with van der Waals surface area (Å²) < 4.78 is 0. The zero-order chi connectivity index (χ0) is 13.8. The highest BCUT2D eigenvalue weighted by Crippen LogP contribution is 2.28. The lowest BCUT2D eigenvalue weighted by molar-refractivity contribution is -0.129. The van der Waals surface area contributed by atoms with Gasteiger partial charge in [-0.1, -0.05) is 25.1 Å². The highest BCUT2D eigenvalue weighted by atomic mass is 16.2. The van der Waals surface area contributed by atoms with Crippen LogP contribution in [0.25, 0.3) is 0 Å². The summed E-state index contributed by atoms with van der Waals surface area (Å²) >= 11 is 0. The van der Waals surface area contributed by atoms with E-state index in [4.69, 9.17) is 0 Å². The quantitative estimate of drug-likeness (QED) is 0.895. The first-order chi connectivity index (χ1) is 9.17. The van der Waals surface area contributed by atoms with Crippen LogP contribution in [-0.2, 0) is 4.79 Å². The van der Waals surface area contributed by atoms with E-state index in [0.717, 1.165) is 19.5 Å². The van der Waals surface area contributed by atoms with E-state index >= 15 is 0 Å². The maximum atomic E-state index is 11.9. The molecule has 0 saturated carbocycles. The summed E-state index contributed by atoms with van der Waals surface area (Å²) in [6, 6.07) is 8.73. The lowest BCUT2D eigenvalue weighted by atomic mass is 10.0. The van der Waals surface area contributed by atoms with E-state index in [0.29, 0.717) is 12.6 Å². The van der Waals surface area contributed by atoms with Crippen molar-refractivity contribution in [2.24, 2.45) is 0 Å². The molecule has 1 amide bonds. The summed E-state index contributed by atoms with van der Waals surface area (Å²) in [4.78, 5) is 15.9. The second-order valence-corrected chi connectivity index (χ2v) is 5.05. The van der Waals surface area contributed by atoms with Crippen molar-refractivity contribution in [3.8, 4) is 0 Å². The number of nitrogens with one attached hydrogen (secondary N) is 1. The van der Waals surface area contributed by atoms with Crippen LogP contribution in [0.4, 0.5) is 5.69 Å². The molecule has 0 radical (unpaired) electrons. The van der Waals surface area contributed by atoms with Gasteiger partial charge in [-0.25, -0.2) is 0 Å². The Morgan fingerprint density at radius 3 is 2.68 bits per heavy atom. The van der Waals surface area contributed by atoms with Crippen molar-refractivity contribution in [3.05, 3.63) is 29.8 Å². The summed E-state index contributed by atoms with van der Waals surface area (Å²) in [7, 11) is 3.86. The Balaban J connectivity index is 2.27. The van der Waals surface area contributed by atoms with Crippen molar-refractivity contribution in [1.82, 2.24) is 10.2 Å². The van der Waals surface area contributed by atoms with E-state index in [1.165, 1.54) is 11.3 Å². The molecule has 1 saturated heterocycles. The van der Waals surface area contributed by atoms with Gasteiger partial charge in [0.2, 0.25) is 5.91 Å². The summed E-state index contributed by atoms with van der Waals surface area (Å²) in [5.41, 5.74) is 2.47. The standard InChI is InChI=1S/C15H23N3O/c1-4-13(16-2)12-7-5-6-8-14(12)18-10-9-17(3)15(19)11-18/h5-8,13,16H,4,9-11H2,1-3H3. The van der Waals surface area contributed by atoms with Crippen LogP contribution in [0.1, 0.15) is 24.9 Å². The average Bonchev–Trinajstić information content (AvgIpc) is 2.44. The first-order valence-electron chi connectivity index (χ1n) is 6.92. The van der Waals surface area contributed by atoms with Crippen LogP contribution in [0.2, 0.25) is 0 Å². The smallest absolute Gasteiger partial charge is 0.241 e. The monoisotopic (exact) mass is 261 g/mol. The molecule has 104 valence electrons. The number of carbonyl (C=O) groups excluding carboxylic acids is 1. The minimum Gasteiger partial charge on any atom is -0.360 e. The molecule has 4 heteroatoms. The van der Waals surface area contributed by atoms with Gasteiger partial charge in [0, 0.05) is 31.9 Å². The molecule has 1 heterocycles. The SMILES string of the molecule is CCC(NC)c1ccccc1N1CCN(C)C(=O)C1. The summed E-state index contributed by atoms with van der Waals surface area (Å²) in [5, 5.41) is 3.35. The van der Waals surface area contributed by atoms with E-state index in [-0.39, 0.29) is 5.91 Å². The molecule has 4 nitrogen and oxygen atoms in total. The van der Waals surface area contributed by atoms with Gasteiger partial charge in [-0.05, 0) is 25.1 Å². The third-order valence-electron chi connectivity index (χ3n) is 3.87. The molecule has 0 spiro atoms. The van der Waals surface area contributed by atoms with Crippen molar-refractivity contribution in [2.75, 3.05) is 38.6 Å². The largest absolute Gasteiger partial charge is 0.360 e. The predicted molar refractivity (Wildman–Crippen MR) is 78.4 cm³/mol. The lowest BCUT2D eigenvalue weighted by Crippen LogP contribution is -2.49. The Bertz CT molecular complexity index is 443. The minimum absolute atomic E-state index is 0.193. The Hall–Kier alpha value is -1.55. The van der Waals surface area contributed by atoms with Crippen LogP contribution in [0.3, 0.4) is 0 Å². The van der Waals surface area contributed by atoms with Gasteiger partial charge in [0.1, 0.15) is 0 Å². The second-order valence-electron chi connectivity index (χ2n) is 5.05. The van der Waals surface area contributed by atoms with Gasteiger partial charge in [-0.15, -0.1) is 0 Å². The van der Waals surface area contributed by atoms with Crippen molar-refractivity contribution in [1.29, 1.82) is 0 Å². The van der Waals surface area contributed by atoms with Crippen LogP contribution in [0.15, 0.2) is 24.3 Å². The number of amides is 1. The third-order valence-corrected chi connectivity index (χ3v) is 3.87. The number of piperazine rings is 1. The van der Waals surface area contributed by atoms with Crippen molar-refractivity contribution < 1.29 is 4.79 Å². The third kappa shape index (κ3) is 2.89. The Morgan fingerprint density at radius 2 is 2.05 bits per heavy atom. The first-order valence-corrected chi connectivity index (χ1v) is 6.92. The molecule has 1 atom stereocenters. The lowest BCUT2D eigenvalue weighted by Gasteiger charge is -2.35. The maximum absolute atomic E-state index is 11.9. The minimum atomic E-state index is 0.193. The highest BCUT2D eigenvalue weighted by molar-refractivity contribution is 5.83. The Labute approximate surface area is 115 Å². The molecule has 1 unspecified atom stereocenters. The van der Waals surface area contributed by atoms with E-state index < -0.39 is 0 Å². The molecule has 0 aromatic heterocycles. The number of likely N-dealkylation sites (N-methyl/N-ethyl adjacent to an activating group) is 1. The number of rotatable bonds is 4. The molecule has 1 aliphatic heterocycles. The molecule has 0 bridgehead atoms. The van der Waals surface area contributed by atoms with Gasteiger partial charge < -0.3 is 15.1 Å². The fraction of sp³-hybridized carbons (Fsp3) is 0.533. The van der Waals surface area contributed by atoms with E-state index in [9.17, 15) is 4.79 Å². The predicted octanol–water partition coefficient (Wildman–Crippen LogP) is 1.64. The molecular weight excluding hydrogens is 238 g/mol. The van der Waals surface area contributed by atoms with Gasteiger partial charge in [-0.2, -0.15) is 0 Å². The fourth-order valence-electron chi connectivity index (χ4n) is 2.61. The van der Waals surface area contributed by atoms with Gasteiger partial charge in [-0.3, -0.25) is 4.79 Å². The van der Waals surface area contributed by atoms with Crippen LogP contribution >= 0.6 is 0 Å². The van der Waals surface area contributed by atoms with Crippen molar-refractivity contribution >= 4 is 11.6 Å². The van der Waals surface area contributed by atoms with Crippen molar-refractivity contribution in [2.45, 2.75) is 19.4 Å². The number of carbonyl (C=O) groups is 1. The van der Waals surface area contributed by atoms with E-state index in [1.807, 2.05) is 20.2 Å². The van der Waals surface area contributed by atoms with Gasteiger partial charge >= 0.3 is 0 Å². The van der Waals surface area contributed by atoms with Gasteiger partial charge in [0.25, 0.3) is 0 Å². The Morgan fingerprint density at radius 1 is 1.32 bits per heavy atom. The van der Waals surface area contributed by atoms with Gasteiger partial charge in [0.05, 0.1) is 6.54 Å². The van der Waals surface area contributed by atoms with Crippen LogP contribution in [-0.4, -0.2) is 44.5 Å². The molecule has 2 rings (SSSR count). The number of hydrogen-bond acceptors (Lipinski definition) is 3. The van der Waals surface area contributed by atoms with Crippen molar-refractivity contribution in [3.63, 3.8) is 0 Å². The summed E-state index contributed by atoms with van der Waals surface area (Å²) in [6.07, 6.45) is 1.04. The maximum Gasteiger partial charge on any atom is 0.241 e. The second kappa shape index (κ2) is 6.06. The molecular formula is C15H23N3O. The molecule has 1 aliphatic rings. The Kier molecular flexibility index (Phi) is 4.43. The topological polar surface area (TPSA) is 35.6 Å². The zero-order valence-corrected chi connectivity index (χ0v) is 12.0. The molecule has 0 aliphatic carbocycles. The number of hydrogen-bond donors (Lipinski definition) is 1. The van der Waals surface area contributed by atoms with Crippen LogP contribution in [0, 0.1) is 0 Å². The van der Waals surface area contributed by atoms with Gasteiger partial charge in [0.15, 0.2) is 0 Å². The fourth-order valence-corrected chi connectivity index (χ4v) is 2.61. The highest BCUT2D eigenvalue weighted by Gasteiger charge is 2.24. The molecule has 1 aromatic rings. The molecule has 1 fully saturated rings. The van der Waals surface area contributed by atoms with Crippen LogP contribution < -0.4 is 10.2 Å². The first kappa shape index (κ1) is 13.9. The normalized spacial score (nSPS) is 17.7. The molecule has 1 N–H and O–H groups in total. The van der Waals surface area contributed by atoms with Crippen LogP contribution in [0.5, 0.6) is 0 Å². The average molecular weight is 261 g/mol. The number of nitrogens with zero attached hydrogens (tertiary/aromatic N) is 2. The van der Waals surface area contributed by atoms with E-state index in [1.54, 1.807) is 4.90 Å². The number of anilines is 1. The molecule has 19 heavy (non-hydrogen) atoms. The van der Waals surface area contributed by atoms with E-state index in [2.05, 4.69) is 35.3 Å².